The average Bonchev–Trinajstić information content (AvgIpc) is 2.12. The molecule has 0 aliphatic heterocycles. The van der Waals surface area contributed by atoms with E-state index < -0.39 is 0 Å². The Labute approximate surface area is 97.2 Å². The van der Waals surface area contributed by atoms with Gasteiger partial charge in [0.05, 0.1) is 0 Å². The lowest BCUT2D eigenvalue weighted by atomic mass is 9.59. The fourth-order valence-electron chi connectivity index (χ4n) is 1.98. The Morgan fingerprint density at radius 2 is 1.47 bits per heavy atom. The van der Waals surface area contributed by atoms with Crippen LogP contribution in [0.5, 0.6) is 0 Å². The zero-order valence-corrected chi connectivity index (χ0v) is 12.1. The molecule has 0 heterocycles. The van der Waals surface area contributed by atoms with Gasteiger partial charge >= 0.3 is 0 Å². The van der Waals surface area contributed by atoms with Crippen molar-refractivity contribution in [3.63, 3.8) is 0 Å². The van der Waals surface area contributed by atoms with E-state index in [2.05, 4.69) is 62.0 Å². The first-order valence-electron chi connectivity index (χ1n) is 6.23. The lowest BCUT2D eigenvalue weighted by Crippen LogP contribution is -2.39. The van der Waals surface area contributed by atoms with Crippen LogP contribution in [0.1, 0.15) is 61.8 Å². The van der Waals surface area contributed by atoms with Crippen LogP contribution in [0.4, 0.5) is 0 Å². The first kappa shape index (κ1) is 14.7. The Kier molecular flexibility index (Phi) is 4.64. The van der Waals surface area contributed by atoms with Gasteiger partial charge in [-0.25, -0.2) is 0 Å². The van der Waals surface area contributed by atoms with Gasteiger partial charge in [0.25, 0.3) is 0 Å². The van der Waals surface area contributed by atoms with Crippen molar-refractivity contribution < 1.29 is 0 Å². The van der Waals surface area contributed by atoms with E-state index in [1.165, 1.54) is 5.57 Å². The highest BCUT2D eigenvalue weighted by atomic mass is 14.4. The van der Waals surface area contributed by atoms with E-state index in [4.69, 9.17) is 0 Å². The topological polar surface area (TPSA) is 0 Å². The number of rotatable bonds is 4. The van der Waals surface area contributed by atoms with Gasteiger partial charge in [0.15, 0.2) is 0 Å². The largest absolute Gasteiger partial charge is 0.0996 e. The molecule has 0 bridgehead atoms. The molecule has 0 aromatic rings. The quantitative estimate of drug-likeness (QED) is 0.553. The lowest BCUT2D eigenvalue weighted by Gasteiger charge is -2.46. The van der Waals surface area contributed by atoms with E-state index in [1.807, 2.05) is 0 Å². The van der Waals surface area contributed by atoms with Crippen molar-refractivity contribution in [2.45, 2.75) is 61.8 Å². The molecule has 0 saturated heterocycles. The van der Waals surface area contributed by atoms with Crippen molar-refractivity contribution >= 4 is 0 Å². The molecule has 0 heteroatoms. The SMILES string of the molecule is C=C(CC)C(C)C(C)C(C)(C)C(C)(C)C. The van der Waals surface area contributed by atoms with Crippen LogP contribution in [0.2, 0.25) is 0 Å². The fraction of sp³-hybridized carbons (Fsp3) is 0.867. The second-order valence-electron chi connectivity index (χ2n) is 6.56. The van der Waals surface area contributed by atoms with Gasteiger partial charge in [0.1, 0.15) is 0 Å². The molecule has 0 aliphatic rings. The summed E-state index contributed by atoms with van der Waals surface area (Å²) in [7, 11) is 0. The number of hydrogen-bond donors (Lipinski definition) is 0. The smallest absolute Gasteiger partial charge is 0.0203 e. The zero-order chi connectivity index (χ0) is 12.4. The van der Waals surface area contributed by atoms with Crippen LogP contribution >= 0.6 is 0 Å². The Morgan fingerprint density at radius 3 is 1.73 bits per heavy atom. The molecular formula is C15H30. The van der Waals surface area contributed by atoms with Crippen LogP contribution in [0.3, 0.4) is 0 Å². The van der Waals surface area contributed by atoms with Gasteiger partial charge in [-0.2, -0.15) is 0 Å². The predicted octanol–water partition coefficient (Wildman–Crippen LogP) is 5.30. The van der Waals surface area contributed by atoms with Crippen molar-refractivity contribution in [2.75, 3.05) is 0 Å². The fourth-order valence-corrected chi connectivity index (χ4v) is 1.98. The Balaban J connectivity index is 4.85. The maximum absolute atomic E-state index is 4.19. The second-order valence-corrected chi connectivity index (χ2v) is 6.56. The third-order valence-electron chi connectivity index (χ3n) is 4.92. The van der Waals surface area contributed by atoms with Gasteiger partial charge in [0.2, 0.25) is 0 Å². The van der Waals surface area contributed by atoms with Crippen molar-refractivity contribution in [1.29, 1.82) is 0 Å². The normalized spacial score (nSPS) is 17.3. The van der Waals surface area contributed by atoms with Crippen LogP contribution in [0.15, 0.2) is 12.2 Å². The van der Waals surface area contributed by atoms with Crippen molar-refractivity contribution in [3.05, 3.63) is 12.2 Å². The molecule has 0 spiro atoms. The number of hydrogen-bond acceptors (Lipinski definition) is 0. The molecule has 0 N–H and O–H groups in total. The molecule has 0 radical (unpaired) electrons. The van der Waals surface area contributed by atoms with Crippen molar-refractivity contribution in [3.8, 4) is 0 Å². The monoisotopic (exact) mass is 210 g/mol. The summed E-state index contributed by atoms with van der Waals surface area (Å²) >= 11 is 0. The van der Waals surface area contributed by atoms with Crippen LogP contribution in [0, 0.1) is 22.7 Å². The van der Waals surface area contributed by atoms with Crippen LogP contribution < -0.4 is 0 Å². The number of allylic oxidation sites excluding steroid dienone is 1. The minimum atomic E-state index is 0.338. The minimum Gasteiger partial charge on any atom is -0.0996 e. The van der Waals surface area contributed by atoms with Crippen molar-refractivity contribution in [2.24, 2.45) is 22.7 Å². The van der Waals surface area contributed by atoms with E-state index in [1.54, 1.807) is 0 Å². The molecular weight excluding hydrogens is 180 g/mol. The van der Waals surface area contributed by atoms with Gasteiger partial charge in [0, 0.05) is 0 Å². The predicted molar refractivity (Wildman–Crippen MR) is 71.0 cm³/mol. The third-order valence-corrected chi connectivity index (χ3v) is 4.92. The van der Waals surface area contributed by atoms with Crippen molar-refractivity contribution in [1.82, 2.24) is 0 Å². The molecule has 0 fully saturated rings. The van der Waals surface area contributed by atoms with E-state index >= 15 is 0 Å². The molecule has 0 aliphatic carbocycles. The molecule has 90 valence electrons. The summed E-state index contributed by atoms with van der Waals surface area (Å²) in [5, 5.41) is 0. The van der Waals surface area contributed by atoms with Gasteiger partial charge in [-0.1, -0.05) is 67.5 Å². The average molecular weight is 210 g/mol. The first-order valence-corrected chi connectivity index (χ1v) is 6.23. The molecule has 0 aromatic carbocycles. The molecule has 0 rings (SSSR count). The molecule has 0 saturated carbocycles. The van der Waals surface area contributed by atoms with Gasteiger partial charge in [-0.05, 0) is 29.1 Å². The molecule has 15 heavy (non-hydrogen) atoms. The molecule has 0 amide bonds. The summed E-state index contributed by atoms with van der Waals surface area (Å²) < 4.78 is 0. The van der Waals surface area contributed by atoms with Crippen LogP contribution in [-0.2, 0) is 0 Å². The lowest BCUT2D eigenvalue weighted by molar-refractivity contribution is 0.0423. The standard InChI is InChI=1S/C15H30/c1-10-11(2)12(3)13(4)15(8,9)14(5,6)7/h12-13H,2,10H2,1,3-9H3. The summed E-state index contributed by atoms with van der Waals surface area (Å²) in [6.45, 7) is 22.9. The molecule has 0 aromatic heterocycles. The van der Waals surface area contributed by atoms with Crippen LogP contribution in [-0.4, -0.2) is 0 Å². The highest BCUT2D eigenvalue weighted by Gasteiger charge is 2.40. The van der Waals surface area contributed by atoms with E-state index in [0.29, 0.717) is 22.7 Å². The Hall–Kier alpha value is -0.260. The minimum absolute atomic E-state index is 0.338. The van der Waals surface area contributed by atoms with Crippen LogP contribution in [0.25, 0.3) is 0 Å². The summed E-state index contributed by atoms with van der Waals surface area (Å²) in [5.41, 5.74) is 2.07. The van der Waals surface area contributed by atoms with E-state index in [9.17, 15) is 0 Å². The summed E-state index contributed by atoms with van der Waals surface area (Å²) in [4.78, 5) is 0. The van der Waals surface area contributed by atoms with Gasteiger partial charge < -0.3 is 0 Å². The van der Waals surface area contributed by atoms with Gasteiger partial charge in [-0.15, -0.1) is 0 Å². The zero-order valence-electron chi connectivity index (χ0n) is 12.1. The highest BCUT2D eigenvalue weighted by molar-refractivity contribution is 5.03. The summed E-state index contributed by atoms with van der Waals surface area (Å²) in [6.07, 6.45) is 1.10. The summed E-state index contributed by atoms with van der Waals surface area (Å²) in [6, 6.07) is 0. The summed E-state index contributed by atoms with van der Waals surface area (Å²) in [5.74, 6) is 1.29. The Bertz CT molecular complexity index is 215. The maximum atomic E-state index is 4.19. The van der Waals surface area contributed by atoms with E-state index in [0.717, 1.165) is 6.42 Å². The highest BCUT2D eigenvalue weighted by Crippen LogP contribution is 2.48. The van der Waals surface area contributed by atoms with Gasteiger partial charge in [-0.3, -0.25) is 0 Å². The molecule has 2 unspecified atom stereocenters. The Morgan fingerprint density at radius 1 is 1.07 bits per heavy atom. The molecule has 0 nitrogen and oxygen atoms in total. The first-order chi connectivity index (χ1) is 6.55. The maximum Gasteiger partial charge on any atom is -0.0203 e. The van der Waals surface area contributed by atoms with E-state index in [-0.39, 0.29) is 0 Å². The third kappa shape index (κ3) is 3.09. The molecule has 2 atom stereocenters. The second kappa shape index (κ2) is 4.72.